The van der Waals surface area contributed by atoms with Crippen molar-refractivity contribution in [2.75, 3.05) is 6.54 Å². The molecule has 0 saturated heterocycles. The minimum Gasteiger partial charge on any atom is -0.440 e. The molecule has 0 aliphatic rings. The normalized spacial score (nSPS) is 10.7. The number of rotatable bonds is 7. The smallest absolute Gasteiger partial charge is 0.236 e. The Labute approximate surface area is 149 Å². The first-order valence-corrected chi connectivity index (χ1v) is 9.34. The predicted octanol–water partition coefficient (Wildman–Crippen LogP) is 4.53. The van der Waals surface area contributed by atoms with Crippen LogP contribution in [0.5, 0.6) is 0 Å². The lowest BCUT2D eigenvalue weighted by Gasteiger charge is -2.20. The van der Waals surface area contributed by atoms with Gasteiger partial charge in [-0.2, -0.15) is 0 Å². The second-order valence-electron chi connectivity index (χ2n) is 5.32. The van der Waals surface area contributed by atoms with E-state index in [0.29, 0.717) is 30.4 Å². The summed E-state index contributed by atoms with van der Waals surface area (Å²) in [7, 11) is 0. The maximum absolute atomic E-state index is 12.7. The number of hydrogen-bond donors (Lipinski definition) is 0. The van der Waals surface area contributed by atoms with Crippen molar-refractivity contribution in [1.29, 1.82) is 0 Å². The zero-order chi connectivity index (χ0) is 16.9. The summed E-state index contributed by atoms with van der Waals surface area (Å²) >= 11 is 3.22. The molecule has 3 aromatic rings. The van der Waals surface area contributed by atoms with Gasteiger partial charge in [0.15, 0.2) is 0 Å². The van der Waals surface area contributed by atoms with Gasteiger partial charge in [-0.05, 0) is 29.8 Å². The van der Waals surface area contributed by atoms with E-state index in [-0.39, 0.29) is 12.3 Å². The van der Waals surface area contributed by atoms with Crippen LogP contribution < -0.4 is 0 Å². The molecular weight excluding hydrogens is 340 g/mol. The number of hydrogen-bond acceptors (Lipinski definition) is 5. The molecule has 0 bridgehead atoms. The standard InChI is InChI=1S/C18H18N2O2S2/c1-3-8-20(12-14-6-4-9-23-14)17(21)11-15-13(2)22-18(19-15)16-7-5-10-24-16/h3-7,9-10H,1,8,11-12H2,2H3. The molecule has 3 rings (SSSR count). The van der Waals surface area contributed by atoms with Crippen LogP contribution in [-0.4, -0.2) is 22.3 Å². The fourth-order valence-electron chi connectivity index (χ4n) is 2.35. The molecule has 6 heteroatoms. The zero-order valence-electron chi connectivity index (χ0n) is 13.4. The van der Waals surface area contributed by atoms with E-state index in [9.17, 15) is 4.79 Å². The molecule has 1 amide bonds. The van der Waals surface area contributed by atoms with Gasteiger partial charge in [-0.1, -0.05) is 18.2 Å². The lowest BCUT2D eigenvalue weighted by molar-refractivity contribution is -0.130. The fraction of sp³-hybridized carbons (Fsp3) is 0.222. The zero-order valence-corrected chi connectivity index (χ0v) is 15.0. The summed E-state index contributed by atoms with van der Waals surface area (Å²) in [5.74, 6) is 1.30. The summed E-state index contributed by atoms with van der Waals surface area (Å²) in [4.78, 5) is 21.1. The number of aromatic nitrogens is 1. The summed E-state index contributed by atoms with van der Waals surface area (Å²) < 4.78 is 5.72. The lowest BCUT2D eigenvalue weighted by atomic mass is 10.2. The van der Waals surface area contributed by atoms with Gasteiger partial charge in [-0.25, -0.2) is 4.98 Å². The van der Waals surface area contributed by atoms with E-state index in [1.807, 2.05) is 41.9 Å². The molecule has 124 valence electrons. The maximum Gasteiger partial charge on any atom is 0.236 e. The van der Waals surface area contributed by atoms with Gasteiger partial charge in [0, 0.05) is 11.4 Å². The van der Waals surface area contributed by atoms with Crippen molar-refractivity contribution in [2.45, 2.75) is 19.9 Å². The van der Waals surface area contributed by atoms with Crippen molar-refractivity contribution >= 4 is 28.6 Å². The highest BCUT2D eigenvalue weighted by atomic mass is 32.1. The number of amides is 1. The molecule has 24 heavy (non-hydrogen) atoms. The highest BCUT2D eigenvalue weighted by Gasteiger charge is 2.19. The minimum atomic E-state index is 0.0254. The Morgan fingerprint density at radius 2 is 2.12 bits per heavy atom. The Morgan fingerprint density at radius 1 is 1.33 bits per heavy atom. The van der Waals surface area contributed by atoms with Gasteiger partial charge < -0.3 is 9.32 Å². The molecule has 4 nitrogen and oxygen atoms in total. The van der Waals surface area contributed by atoms with Gasteiger partial charge in [-0.15, -0.1) is 29.3 Å². The number of nitrogens with zero attached hydrogens (tertiary/aromatic N) is 2. The summed E-state index contributed by atoms with van der Waals surface area (Å²) in [6.07, 6.45) is 1.98. The molecule has 0 spiro atoms. The molecule has 3 aromatic heterocycles. The van der Waals surface area contributed by atoms with Gasteiger partial charge in [0.2, 0.25) is 11.8 Å². The van der Waals surface area contributed by atoms with Crippen molar-refractivity contribution < 1.29 is 9.21 Å². The van der Waals surface area contributed by atoms with Crippen molar-refractivity contribution in [2.24, 2.45) is 0 Å². The molecule has 0 aliphatic carbocycles. The Balaban J connectivity index is 1.73. The van der Waals surface area contributed by atoms with E-state index in [2.05, 4.69) is 11.6 Å². The summed E-state index contributed by atoms with van der Waals surface area (Å²) in [6.45, 7) is 6.72. The van der Waals surface area contributed by atoms with Crippen LogP contribution in [0.25, 0.3) is 10.8 Å². The first-order valence-electron chi connectivity index (χ1n) is 7.58. The molecule has 0 N–H and O–H groups in total. The SMILES string of the molecule is C=CCN(Cc1cccs1)C(=O)Cc1nc(-c2cccs2)oc1C. The average molecular weight is 358 g/mol. The second-order valence-corrected chi connectivity index (χ2v) is 7.30. The third-order valence-corrected chi connectivity index (χ3v) is 5.29. The molecule has 0 saturated carbocycles. The molecule has 0 aromatic carbocycles. The Morgan fingerprint density at radius 3 is 2.79 bits per heavy atom. The van der Waals surface area contributed by atoms with Gasteiger partial charge in [0.25, 0.3) is 0 Å². The van der Waals surface area contributed by atoms with Crippen LogP contribution >= 0.6 is 22.7 Å². The molecule has 0 unspecified atom stereocenters. The van der Waals surface area contributed by atoms with E-state index in [0.717, 1.165) is 9.75 Å². The van der Waals surface area contributed by atoms with Crippen molar-refractivity contribution in [3.05, 3.63) is 64.0 Å². The fourth-order valence-corrected chi connectivity index (χ4v) is 3.72. The predicted molar refractivity (Wildman–Crippen MR) is 98.2 cm³/mol. The first kappa shape index (κ1) is 16.7. The van der Waals surface area contributed by atoms with Gasteiger partial charge in [-0.3, -0.25) is 4.79 Å². The monoisotopic (exact) mass is 358 g/mol. The Kier molecular flexibility index (Phi) is 5.27. The Bertz CT molecular complexity index is 804. The van der Waals surface area contributed by atoms with Crippen molar-refractivity contribution in [1.82, 2.24) is 9.88 Å². The number of aryl methyl sites for hydroxylation is 1. The van der Waals surface area contributed by atoms with Crippen LogP contribution in [0.3, 0.4) is 0 Å². The summed E-state index contributed by atoms with van der Waals surface area (Å²) in [5, 5.41) is 3.99. The van der Waals surface area contributed by atoms with E-state index in [1.54, 1.807) is 33.6 Å². The van der Waals surface area contributed by atoms with Crippen LogP contribution in [0.2, 0.25) is 0 Å². The second kappa shape index (κ2) is 7.59. The van der Waals surface area contributed by atoms with E-state index >= 15 is 0 Å². The molecule has 0 fully saturated rings. The van der Waals surface area contributed by atoms with Gasteiger partial charge >= 0.3 is 0 Å². The van der Waals surface area contributed by atoms with Crippen LogP contribution in [-0.2, 0) is 17.8 Å². The van der Waals surface area contributed by atoms with Gasteiger partial charge in [0.1, 0.15) is 5.76 Å². The summed E-state index contributed by atoms with van der Waals surface area (Å²) in [6, 6.07) is 7.94. The van der Waals surface area contributed by atoms with Crippen LogP contribution in [0.4, 0.5) is 0 Å². The lowest BCUT2D eigenvalue weighted by Crippen LogP contribution is -2.32. The highest BCUT2D eigenvalue weighted by molar-refractivity contribution is 7.13. The minimum absolute atomic E-state index is 0.0254. The first-order chi connectivity index (χ1) is 11.7. The van der Waals surface area contributed by atoms with Crippen molar-refractivity contribution in [3.8, 4) is 10.8 Å². The highest BCUT2D eigenvalue weighted by Crippen LogP contribution is 2.26. The molecule has 0 aliphatic heterocycles. The Hall–Kier alpha value is -2.18. The molecular formula is C18H18N2O2S2. The molecule has 0 radical (unpaired) electrons. The largest absolute Gasteiger partial charge is 0.440 e. The van der Waals surface area contributed by atoms with E-state index < -0.39 is 0 Å². The van der Waals surface area contributed by atoms with Crippen LogP contribution in [0.1, 0.15) is 16.3 Å². The topological polar surface area (TPSA) is 46.3 Å². The molecule has 3 heterocycles. The van der Waals surface area contributed by atoms with Crippen LogP contribution in [0, 0.1) is 6.92 Å². The van der Waals surface area contributed by atoms with E-state index in [4.69, 9.17) is 4.42 Å². The number of oxazole rings is 1. The number of carbonyl (C=O) groups excluding carboxylic acids is 1. The quantitative estimate of drug-likeness (QED) is 0.583. The number of thiophene rings is 2. The summed E-state index contributed by atoms with van der Waals surface area (Å²) in [5.41, 5.74) is 0.698. The average Bonchev–Trinajstić information content (AvgIpc) is 3.29. The molecule has 0 atom stereocenters. The van der Waals surface area contributed by atoms with Gasteiger partial charge in [0.05, 0.1) is 23.5 Å². The third kappa shape index (κ3) is 3.83. The maximum atomic E-state index is 12.7. The third-order valence-electron chi connectivity index (χ3n) is 3.57. The number of carbonyl (C=O) groups is 1. The van der Waals surface area contributed by atoms with Crippen LogP contribution in [0.15, 0.2) is 52.1 Å². The van der Waals surface area contributed by atoms with Crippen molar-refractivity contribution in [3.63, 3.8) is 0 Å². The van der Waals surface area contributed by atoms with E-state index in [1.165, 1.54) is 0 Å².